The van der Waals surface area contributed by atoms with Crippen molar-refractivity contribution in [1.29, 1.82) is 0 Å². The first-order valence-corrected chi connectivity index (χ1v) is 7.89. The molecule has 0 bridgehead atoms. The first-order valence-electron chi connectivity index (χ1n) is 7.89. The largest absolute Gasteiger partial charge is 0.456 e. The molecule has 0 aliphatic carbocycles. The molecule has 5 nitrogen and oxygen atoms in total. The molecule has 0 saturated heterocycles. The van der Waals surface area contributed by atoms with Gasteiger partial charge in [0.15, 0.2) is 0 Å². The lowest BCUT2D eigenvalue weighted by atomic mass is 9.91. The van der Waals surface area contributed by atoms with E-state index < -0.39 is 23.6 Å². The van der Waals surface area contributed by atoms with Crippen LogP contribution in [0, 0.1) is 11.7 Å². The third-order valence-corrected chi connectivity index (χ3v) is 3.50. The van der Waals surface area contributed by atoms with Crippen LogP contribution in [0.5, 0.6) is 0 Å². The molecule has 2 N–H and O–H groups in total. The quantitative estimate of drug-likeness (QED) is 0.832. The van der Waals surface area contributed by atoms with Gasteiger partial charge in [0.2, 0.25) is 0 Å². The zero-order valence-electron chi connectivity index (χ0n) is 14.6. The zero-order chi connectivity index (χ0) is 18.1. The monoisotopic (exact) mass is 334 g/mol. The molecule has 2 amide bonds. The van der Waals surface area contributed by atoms with Gasteiger partial charge in [0.05, 0.1) is 11.6 Å². The van der Waals surface area contributed by atoms with E-state index in [1.165, 1.54) is 12.1 Å². The van der Waals surface area contributed by atoms with Crippen LogP contribution in [0.2, 0.25) is 0 Å². The number of nitrogens with one attached hydrogen (secondary N) is 2. The van der Waals surface area contributed by atoms with Crippen molar-refractivity contribution in [2.75, 3.05) is 0 Å². The number of benzene rings is 1. The van der Waals surface area contributed by atoms with Gasteiger partial charge in [-0.2, -0.15) is 0 Å². The van der Waals surface area contributed by atoms with Crippen molar-refractivity contribution >= 4 is 12.0 Å². The van der Waals surface area contributed by atoms with Gasteiger partial charge in [-0.15, -0.1) is 0 Å². The second-order valence-corrected chi connectivity index (χ2v) is 7.07. The van der Waals surface area contributed by atoms with Crippen LogP contribution in [0.15, 0.2) is 35.5 Å². The van der Waals surface area contributed by atoms with E-state index in [0.717, 1.165) is 0 Å². The molecule has 0 radical (unpaired) electrons. The summed E-state index contributed by atoms with van der Waals surface area (Å²) in [4.78, 5) is 24.7. The standard InChI is InChI=1S/C18H23FN2O3/c1-10(2)14-13(16(22)24-18(3,4)5)15(21-17(23)20-14)11-6-8-12(19)9-7-11/h6-10,15H,1-5H3,(H2,20,21,23). The SMILES string of the molecule is CC(C)C1=C(C(=O)OC(C)(C)C)C(c2ccc(F)cc2)NC(=O)N1. The topological polar surface area (TPSA) is 67.4 Å². The molecule has 1 atom stereocenters. The van der Waals surface area contributed by atoms with Crippen molar-refractivity contribution < 1.29 is 18.7 Å². The first-order chi connectivity index (χ1) is 11.1. The Labute approximate surface area is 141 Å². The van der Waals surface area contributed by atoms with Crippen LogP contribution >= 0.6 is 0 Å². The normalized spacial score (nSPS) is 18.3. The minimum Gasteiger partial charge on any atom is -0.456 e. The molecular formula is C18H23FN2O3. The van der Waals surface area contributed by atoms with Gasteiger partial charge in [0.1, 0.15) is 11.4 Å². The third-order valence-electron chi connectivity index (χ3n) is 3.50. The van der Waals surface area contributed by atoms with E-state index in [1.54, 1.807) is 32.9 Å². The smallest absolute Gasteiger partial charge is 0.338 e. The summed E-state index contributed by atoms with van der Waals surface area (Å²) in [5, 5.41) is 5.42. The highest BCUT2D eigenvalue weighted by molar-refractivity contribution is 5.95. The van der Waals surface area contributed by atoms with Crippen LogP contribution in [0.1, 0.15) is 46.2 Å². The molecule has 0 aromatic heterocycles. The predicted octanol–water partition coefficient (Wildman–Crippen LogP) is 3.43. The Hall–Kier alpha value is -2.37. The van der Waals surface area contributed by atoms with E-state index in [4.69, 9.17) is 4.74 Å². The number of urea groups is 1. The van der Waals surface area contributed by atoms with Crippen molar-refractivity contribution in [3.63, 3.8) is 0 Å². The summed E-state index contributed by atoms with van der Waals surface area (Å²) < 4.78 is 18.7. The number of carbonyl (C=O) groups is 2. The third kappa shape index (κ3) is 4.13. The highest BCUT2D eigenvalue weighted by atomic mass is 19.1. The average Bonchev–Trinajstić information content (AvgIpc) is 2.45. The molecule has 0 saturated carbocycles. The summed E-state index contributed by atoms with van der Waals surface area (Å²) in [6, 6.07) is 4.60. The molecule has 1 aromatic carbocycles. The predicted molar refractivity (Wildman–Crippen MR) is 88.5 cm³/mol. The van der Waals surface area contributed by atoms with Crippen LogP contribution in [0.4, 0.5) is 9.18 Å². The number of ether oxygens (including phenoxy) is 1. The molecule has 1 unspecified atom stereocenters. The maximum Gasteiger partial charge on any atom is 0.338 e. The molecule has 1 aliphatic heterocycles. The van der Waals surface area contributed by atoms with Gasteiger partial charge in [-0.05, 0) is 44.4 Å². The van der Waals surface area contributed by atoms with Gasteiger partial charge < -0.3 is 15.4 Å². The summed E-state index contributed by atoms with van der Waals surface area (Å²) >= 11 is 0. The molecule has 0 spiro atoms. The maximum atomic E-state index is 13.2. The number of allylic oxidation sites excluding steroid dienone is 1. The molecule has 2 rings (SSSR count). The van der Waals surface area contributed by atoms with Gasteiger partial charge in [-0.1, -0.05) is 26.0 Å². The second kappa shape index (κ2) is 6.63. The number of amides is 2. The van der Waals surface area contributed by atoms with Crippen molar-refractivity contribution in [3.8, 4) is 0 Å². The van der Waals surface area contributed by atoms with E-state index in [0.29, 0.717) is 16.8 Å². The molecule has 24 heavy (non-hydrogen) atoms. The lowest BCUT2D eigenvalue weighted by Crippen LogP contribution is -2.47. The number of carbonyl (C=O) groups excluding carboxylic acids is 2. The molecule has 1 aromatic rings. The number of esters is 1. The van der Waals surface area contributed by atoms with Gasteiger partial charge >= 0.3 is 12.0 Å². The van der Waals surface area contributed by atoms with E-state index in [-0.39, 0.29) is 11.7 Å². The fourth-order valence-electron chi connectivity index (χ4n) is 2.51. The molecule has 1 heterocycles. The highest BCUT2D eigenvalue weighted by Gasteiger charge is 2.36. The molecule has 130 valence electrons. The fourth-order valence-corrected chi connectivity index (χ4v) is 2.51. The van der Waals surface area contributed by atoms with Crippen molar-refractivity contribution in [3.05, 3.63) is 46.9 Å². The number of rotatable bonds is 3. The highest BCUT2D eigenvalue weighted by Crippen LogP contribution is 2.31. The molecule has 6 heteroatoms. The minimum atomic E-state index is -0.688. The minimum absolute atomic E-state index is 0.0819. The van der Waals surface area contributed by atoms with Crippen LogP contribution in [0.25, 0.3) is 0 Å². The van der Waals surface area contributed by atoms with E-state index in [1.807, 2.05) is 13.8 Å². The summed E-state index contributed by atoms with van der Waals surface area (Å²) in [5.41, 5.74) is 0.805. The van der Waals surface area contributed by atoms with Gasteiger partial charge in [-0.25, -0.2) is 14.0 Å². The van der Waals surface area contributed by atoms with E-state index in [2.05, 4.69) is 10.6 Å². The number of halogens is 1. The van der Waals surface area contributed by atoms with Gasteiger partial charge in [0.25, 0.3) is 0 Å². The number of hydrogen-bond donors (Lipinski definition) is 2. The van der Waals surface area contributed by atoms with Crippen LogP contribution in [-0.2, 0) is 9.53 Å². The maximum absolute atomic E-state index is 13.2. The Bertz CT molecular complexity index is 672. The van der Waals surface area contributed by atoms with Crippen LogP contribution in [0.3, 0.4) is 0 Å². The summed E-state index contributed by atoms with van der Waals surface area (Å²) in [6.07, 6.45) is 0. The van der Waals surface area contributed by atoms with Crippen molar-refractivity contribution in [2.45, 2.75) is 46.3 Å². The van der Waals surface area contributed by atoms with Crippen molar-refractivity contribution in [2.24, 2.45) is 5.92 Å². The Morgan fingerprint density at radius 3 is 2.29 bits per heavy atom. The Balaban J connectivity index is 2.53. The van der Waals surface area contributed by atoms with E-state index >= 15 is 0 Å². The summed E-state index contributed by atoms with van der Waals surface area (Å²) in [6.45, 7) is 9.10. The van der Waals surface area contributed by atoms with Gasteiger partial charge in [0, 0.05) is 5.70 Å². The lowest BCUT2D eigenvalue weighted by Gasteiger charge is -2.32. The first kappa shape index (κ1) is 18.0. The summed E-state index contributed by atoms with van der Waals surface area (Å²) in [5.74, 6) is -0.972. The molecule has 0 fully saturated rings. The Morgan fingerprint density at radius 1 is 1.21 bits per heavy atom. The lowest BCUT2D eigenvalue weighted by molar-refractivity contribution is -0.150. The molecular weight excluding hydrogens is 311 g/mol. The Morgan fingerprint density at radius 2 is 1.79 bits per heavy atom. The zero-order valence-corrected chi connectivity index (χ0v) is 14.6. The number of hydrogen-bond acceptors (Lipinski definition) is 3. The van der Waals surface area contributed by atoms with Crippen LogP contribution < -0.4 is 10.6 Å². The summed E-state index contributed by atoms with van der Waals surface area (Å²) in [7, 11) is 0. The average molecular weight is 334 g/mol. The van der Waals surface area contributed by atoms with E-state index in [9.17, 15) is 14.0 Å². The Kier molecular flexibility index (Phi) is 4.96. The fraction of sp³-hybridized carbons (Fsp3) is 0.444. The second-order valence-electron chi connectivity index (χ2n) is 7.07. The van der Waals surface area contributed by atoms with Crippen LogP contribution in [-0.4, -0.2) is 17.6 Å². The van der Waals surface area contributed by atoms with Gasteiger partial charge in [-0.3, -0.25) is 0 Å². The molecule has 1 aliphatic rings. The van der Waals surface area contributed by atoms with Crippen molar-refractivity contribution in [1.82, 2.24) is 10.6 Å².